The van der Waals surface area contributed by atoms with Gasteiger partial charge in [-0.05, 0) is 49.3 Å². The van der Waals surface area contributed by atoms with E-state index < -0.39 is 17.4 Å². The van der Waals surface area contributed by atoms with Gasteiger partial charge in [0.2, 0.25) is 0 Å². The van der Waals surface area contributed by atoms with Gasteiger partial charge in [-0.25, -0.2) is 0 Å². The lowest BCUT2D eigenvalue weighted by Crippen LogP contribution is -2.45. The topological polar surface area (TPSA) is 91.6 Å². The zero-order chi connectivity index (χ0) is 17.9. The lowest BCUT2D eigenvalue weighted by atomic mass is 9.94. The van der Waals surface area contributed by atoms with Crippen molar-refractivity contribution in [1.82, 2.24) is 5.32 Å². The lowest BCUT2D eigenvalue weighted by Gasteiger charge is -2.26. The number of hydrogen-bond donors (Lipinski definition) is 3. The Balaban J connectivity index is 1.62. The second kappa shape index (κ2) is 7.33. The van der Waals surface area contributed by atoms with Crippen LogP contribution >= 0.6 is 11.8 Å². The largest absolute Gasteiger partial charge is 0.466 e. The summed E-state index contributed by atoms with van der Waals surface area (Å²) in [6, 6.07) is 10.6. The number of benzene rings is 1. The molecule has 1 aliphatic carbocycles. The van der Waals surface area contributed by atoms with Gasteiger partial charge in [0.05, 0.1) is 18.5 Å². The average Bonchev–Trinajstić information content (AvgIpc) is 3.34. The molecule has 2 amide bonds. The van der Waals surface area contributed by atoms with Crippen LogP contribution in [0, 0.1) is 5.92 Å². The fraction of sp³-hybridized carbons (Fsp3) is 0.333. The normalized spacial score (nSPS) is 16.1. The quantitative estimate of drug-likeness (QED) is 0.543. The number of rotatable bonds is 6. The molecule has 0 saturated heterocycles. The Bertz CT molecular complexity index is 758. The summed E-state index contributed by atoms with van der Waals surface area (Å²) in [6.45, 7) is -0.0678. The molecule has 1 unspecified atom stereocenters. The number of nitrogens with one attached hydrogen (secondary N) is 2. The maximum atomic E-state index is 12.1. The summed E-state index contributed by atoms with van der Waals surface area (Å²) >= 11 is 1.48. The Labute approximate surface area is 150 Å². The first-order chi connectivity index (χ1) is 12.0. The minimum atomic E-state index is -1.28. The number of thioether (sulfide) groups is 1. The fourth-order valence-electron chi connectivity index (χ4n) is 2.74. The van der Waals surface area contributed by atoms with Gasteiger partial charge in [0.25, 0.3) is 0 Å². The molecule has 0 aliphatic heterocycles. The summed E-state index contributed by atoms with van der Waals surface area (Å²) in [6.07, 6.45) is 5.10. The predicted octanol–water partition coefficient (Wildman–Crippen LogP) is 2.35. The molecule has 1 heterocycles. The summed E-state index contributed by atoms with van der Waals surface area (Å²) < 4.78 is 5.31. The van der Waals surface area contributed by atoms with E-state index in [9.17, 15) is 14.7 Å². The van der Waals surface area contributed by atoms with Crippen molar-refractivity contribution in [2.24, 2.45) is 5.92 Å². The van der Waals surface area contributed by atoms with Gasteiger partial charge in [-0.1, -0.05) is 12.1 Å². The van der Waals surface area contributed by atoms with Gasteiger partial charge in [-0.3, -0.25) is 9.59 Å². The van der Waals surface area contributed by atoms with Crippen molar-refractivity contribution < 1.29 is 19.1 Å². The van der Waals surface area contributed by atoms with Gasteiger partial charge in [0, 0.05) is 4.90 Å². The van der Waals surface area contributed by atoms with Crippen molar-refractivity contribution in [3.05, 3.63) is 48.4 Å². The van der Waals surface area contributed by atoms with Gasteiger partial charge in [0.1, 0.15) is 11.4 Å². The Morgan fingerprint density at radius 2 is 2.00 bits per heavy atom. The molecule has 0 spiro atoms. The van der Waals surface area contributed by atoms with Crippen LogP contribution in [0.15, 0.2) is 52.0 Å². The average molecular weight is 360 g/mol. The molecule has 132 valence electrons. The Morgan fingerprint density at radius 1 is 1.24 bits per heavy atom. The second-order valence-corrected chi connectivity index (χ2v) is 6.86. The SMILES string of the molecule is CSc1ccccc1NC(=O)C(=O)NCC(O)(c1ccco1)C1CC1. The molecule has 1 aliphatic rings. The van der Waals surface area contributed by atoms with Crippen LogP contribution < -0.4 is 10.6 Å². The number of anilines is 1. The smallest absolute Gasteiger partial charge is 0.313 e. The van der Waals surface area contributed by atoms with Gasteiger partial charge in [-0.15, -0.1) is 11.8 Å². The third kappa shape index (κ3) is 3.88. The van der Waals surface area contributed by atoms with E-state index in [2.05, 4.69) is 10.6 Å². The first-order valence-corrected chi connectivity index (χ1v) is 9.25. The highest BCUT2D eigenvalue weighted by Gasteiger charge is 2.47. The van der Waals surface area contributed by atoms with Crippen molar-refractivity contribution in [2.45, 2.75) is 23.3 Å². The molecular weight excluding hydrogens is 340 g/mol. The van der Waals surface area contributed by atoms with E-state index in [1.54, 1.807) is 24.3 Å². The predicted molar refractivity (Wildman–Crippen MR) is 95.2 cm³/mol. The zero-order valence-electron chi connectivity index (χ0n) is 13.8. The molecule has 1 fully saturated rings. The van der Waals surface area contributed by atoms with E-state index >= 15 is 0 Å². The van der Waals surface area contributed by atoms with Crippen LogP contribution in [-0.2, 0) is 15.2 Å². The van der Waals surface area contributed by atoms with Crippen LogP contribution in [0.1, 0.15) is 18.6 Å². The highest BCUT2D eigenvalue weighted by atomic mass is 32.2. The van der Waals surface area contributed by atoms with Crippen LogP contribution in [0.4, 0.5) is 5.69 Å². The Morgan fingerprint density at radius 3 is 2.64 bits per heavy atom. The molecule has 1 aromatic carbocycles. The zero-order valence-corrected chi connectivity index (χ0v) is 14.6. The molecule has 0 bridgehead atoms. The third-order valence-corrected chi connectivity index (χ3v) is 5.08. The number of amides is 2. The standard InChI is InChI=1S/C18H20N2O4S/c1-25-14-6-3-2-5-13(14)20-17(22)16(21)19-11-18(23,12-8-9-12)15-7-4-10-24-15/h2-7,10,12,23H,8-9,11H2,1H3,(H,19,21)(H,20,22). The van der Waals surface area contributed by atoms with Crippen molar-refractivity contribution in [3.8, 4) is 0 Å². The molecule has 2 aromatic rings. The van der Waals surface area contributed by atoms with Crippen molar-refractivity contribution in [2.75, 3.05) is 18.1 Å². The molecule has 25 heavy (non-hydrogen) atoms. The van der Waals surface area contributed by atoms with Crippen LogP contribution in [0.3, 0.4) is 0 Å². The van der Waals surface area contributed by atoms with E-state index in [0.29, 0.717) is 11.4 Å². The summed E-state index contributed by atoms with van der Waals surface area (Å²) in [4.78, 5) is 25.1. The molecule has 6 nitrogen and oxygen atoms in total. The van der Waals surface area contributed by atoms with Crippen molar-refractivity contribution >= 4 is 29.3 Å². The van der Waals surface area contributed by atoms with Gasteiger partial charge < -0.3 is 20.2 Å². The number of para-hydroxylation sites is 1. The van der Waals surface area contributed by atoms with E-state index in [0.717, 1.165) is 17.7 Å². The maximum absolute atomic E-state index is 12.1. The number of carbonyl (C=O) groups is 2. The monoisotopic (exact) mass is 360 g/mol. The summed E-state index contributed by atoms with van der Waals surface area (Å²) in [5.74, 6) is -1.12. The lowest BCUT2D eigenvalue weighted by molar-refractivity contribution is -0.137. The van der Waals surface area contributed by atoms with Crippen LogP contribution in [0.25, 0.3) is 0 Å². The molecule has 1 atom stereocenters. The third-order valence-electron chi connectivity index (χ3n) is 4.28. The van der Waals surface area contributed by atoms with E-state index in [-0.39, 0.29) is 12.5 Å². The molecule has 3 N–H and O–H groups in total. The van der Waals surface area contributed by atoms with E-state index in [1.807, 2.05) is 18.4 Å². The highest BCUT2D eigenvalue weighted by Crippen LogP contribution is 2.45. The molecule has 0 radical (unpaired) electrons. The number of furan rings is 1. The number of carbonyl (C=O) groups excluding carboxylic acids is 2. The Hall–Kier alpha value is -2.25. The first kappa shape index (κ1) is 17.6. The van der Waals surface area contributed by atoms with Crippen LogP contribution in [0.5, 0.6) is 0 Å². The van der Waals surface area contributed by atoms with Crippen LogP contribution in [-0.4, -0.2) is 29.7 Å². The molecule has 1 aromatic heterocycles. The highest BCUT2D eigenvalue weighted by molar-refractivity contribution is 7.98. The minimum Gasteiger partial charge on any atom is -0.466 e. The Kier molecular flexibility index (Phi) is 5.15. The van der Waals surface area contributed by atoms with E-state index in [4.69, 9.17) is 4.42 Å². The maximum Gasteiger partial charge on any atom is 0.313 e. The van der Waals surface area contributed by atoms with E-state index in [1.165, 1.54) is 18.0 Å². The summed E-state index contributed by atoms with van der Waals surface area (Å²) in [5, 5.41) is 16.0. The first-order valence-electron chi connectivity index (χ1n) is 8.03. The molecule has 7 heteroatoms. The van der Waals surface area contributed by atoms with Crippen LogP contribution in [0.2, 0.25) is 0 Å². The second-order valence-electron chi connectivity index (χ2n) is 6.01. The van der Waals surface area contributed by atoms with Crippen molar-refractivity contribution in [3.63, 3.8) is 0 Å². The molecule has 3 rings (SSSR count). The fourth-order valence-corrected chi connectivity index (χ4v) is 3.29. The van der Waals surface area contributed by atoms with Gasteiger partial charge >= 0.3 is 11.8 Å². The number of aliphatic hydroxyl groups is 1. The minimum absolute atomic E-state index is 0.0271. The van der Waals surface area contributed by atoms with Crippen molar-refractivity contribution in [1.29, 1.82) is 0 Å². The molecule has 1 saturated carbocycles. The summed E-state index contributed by atoms with van der Waals surface area (Å²) in [7, 11) is 0. The van der Waals surface area contributed by atoms with Gasteiger partial charge in [-0.2, -0.15) is 0 Å². The summed E-state index contributed by atoms with van der Waals surface area (Å²) in [5.41, 5.74) is -0.699. The van der Waals surface area contributed by atoms with Gasteiger partial charge in [0.15, 0.2) is 0 Å². The molecular formula is C18H20N2O4S. The number of hydrogen-bond acceptors (Lipinski definition) is 5.